The number of nitrogens with one attached hydrogen (secondary N) is 1. The number of hydrogen-bond acceptors (Lipinski definition) is 4. The molecular formula is C10H12N2O3. The monoisotopic (exact) mass is 208 g/mol. The van der Waals surface area contributed by atoms with Crippen LogP contribution < -0.4 is 5.32 Å². The van der Waals surface area contributed by atoms with Crippen LogP contribution in [-0.2, 0) is 14.3 Å². The topological polar surface area (TPSA) is 58.6 Å². The van der Waals surface area contributed by atoms with Gasteiger partial charge in [0.15, 0.2) is 6.10 Å². The summed E-state index contributed by atoms with van der Waals surface area (Å²) in [5.74, 6) is -0.674. The molecule has 4 atom stereocenters. The Bertz CT molecular complexity index is 366. The van der Waals surface area contributed by atoms with Gasteiger partial charge in [-0.3, -0.25) is 14.5 Å². The van der Waals surface area contributed by atoms with Gasteiger partial charge in [-0.15, -0.1) is 0 Å². The lowest BCUT2D eigenvalue weighted by molar-refractivity contribution is -0.141. The zero-order valence-corrected chi connectivity index (χ0v) is 8.34. The van der Waals surface area contributed by atoms with Crippen molar-refractivity contribution in [3.8, 4) is 0 Å². The molecule has 1 N–H and O–H groups in total. The average molecular weight is 208 g/mol. The molecule has 2 saturated heterocycles. The van der Waals surface area contributed by atoms with Gasteiger partial charge in [-0.1, -0.05) is 12.2 Å². The van der Waals surface area contributed by atoms with Crippen LogP contribution in [0.5, 0.6) is 0 Å². The molecule has 3 aliphatic heterocycles. The number of hydrogen-bond donors (Lipinski definition) is 1. The first kappa shape index (κ1) is 9.06. The van der Waals surface area contributed by atoms with Crippen LogP contribution in [0, 0.1) is 5.92 Å². The number of nitrogens with zero attached hydrogens (tertiary/aromatic N) is 1. The molecule has 0 aromatic heterocycles. The van der Waals surface area contributed by atoms with Gasteiger partial charge >= 0.3 is 0 Å². The molecule has 0 spiro atoms. The quantitative estimate of drug-likeness (QED) is 0.405. The van der Waals surface area contributed by atoms with Gasteiger partial charge in [0, 0.05) is 13.6 Å². The Kier molecular flexibility index (Phi) is 1.75. The van der Waals surface area contributed by atoms with Crippen molar-refractivity contribution in [2.45, 2.75) is 18.2 Å². The van der Waals surface area contributed by atoms with E-state index in [1.54, 1.807) is 0 Å². The van der Waals surface area contributed by atoms with Crippen molar-refractivity contribution in [1.82, 2.24) is 10.2 Å². The predicted molar refractivity (Wildman–Crippen MR) is 50.9 cm³/mol. The van der Waals surface area contributed by atoms with Crippen molar-refractivity contribution in [2.24, 2.45) is 5.92 Å². The van der Waals surface area contributed by atoms with Gasteiger partial charge in [0.2, 0.25) is 5.91 Å². The third-order valence-corrected chi connectivity index (χ3v) is 3.36. The Labute approximate surface area is 87.1 Å². The molecule has 80 valence electrons. The van der Waals surface area contributed by atoms with Crippen LogP contribution in [0.4, 0.5) is 0 Å². The zero-order valence-electron chi connectivity index (χ0n) is 8.34. The van der Waals surface area contributed by atoms with E-state index in [1.165, 1.54) is 11.9 Å². The Morgan fingerprint density at radius 3 is 3.07 bits per heavy atom. The summed E-state index contributed by atoms with van der Waals surface area (Å²) in [5.41, 5.74) is 0. The number of fused-ring (bicyclic) bond motifs is 3. The highest BCUT2D eigenvalue weighted by atomic mass is 16.5. The Hall–Kier alpha value is -1.20. The fraction of sp³-hybridized carbons (Fsp3) is 0.600. The van der Waals surface area contributed by atoms with Crippen LogP contribution in [0.2, 0.25) is 0 Å². The van der Waals surface area contributed by atoms with Crippen LogP contribution in [0.3, 0.4) is 0 Å². The number of rotatable bonds is 0. The summed E-state index contributed by atoms with van der Waals surface area (Å²) >= 11 is 0. The first-order chi connectivity index (χ1) is 7.20. The molecule has 3 heterocycles. The molecule has 0 radical (unpaired) electrons. The van der Waals surface area contributed by atoms with Crippen LogP contribution in [-0.4, -0.2) is 48.6 Å². The number of likely N-dealkylation sites (tertiary alicyclic amines) is 1. The summed E-state index contributed by atoms with van der Waals surface area (Å²) in [6.45, 7) is 0.735. The van der Waals surface area contributed by atoms with Gasteiger partial charge < -0.3 is 10.1 Å². The van der Waals surface area contributed by atoms with Gasteiger partial charge in [-0.2, -0.15) is 0 Å². The average Bonchev–Trinajstić information content (AvgIpc) is 2.72. The number of ether oxygens (including phenoxy) is 1. The fourth-order valence-corrected chi connectivity index (χ4v) is 2.56. The minimum Gasteiger partial charge on any atom is -0.358 e. The molecule has 5 heteroatoms. The number of likely N-dealkylation sites (N-methyl/N-ethyl adjacent to an activating group) is 1. The van der Waals surface area contributed by atoms with Gasteiger partial charge in [-0.05, 0) is 0 Å². The molecule has 15 heavy (non-hydrogen) atoms. The van der Waals surface area contributed by atoms with E-state index in [-0.39, 0.29) is 29.9 Å². The molecule has 0 aliphatic carbocycles. The summed E-state index contributed by atoms with van der Waals surface area (Å²) in [4.78, 5) is 24.7. The lowest BCUT2D eigenvalue weighted by atomic mass is 9.93. The molecular weight excluding hydrogens is 196 g/mol. The standard InChI is InChI=1S/C10H12N2O3/c1-12-9(13)6-7-5(3-2-4-11-7)15-8(6)10(12)14/h2-3,5-8,11H,4H2,1H3. The highest BCUT2D eigenvalue weighted by molar-refractivity contribution is 6.07. The minimum absolute atomic E-state index is 0.0404. The van der Waals surface area contributed by atoms with E-state index in [2.05, 4.69) is 5.32 Å². The van der Waals surface area contributed by atoms with Crippen LogP contribution in [0.15, 0.2) is 12.2 Å². The second kappa shape index (κ2) is 2.90. The molecule has 4 unspecified atom stereocenters. The third-order valence-electron chi connectivity index (χ3n) is 3.36. The number of carbonyl (C=O) groups is 2. The van der Waals surface area contributed by atoms with Crippen molar-refractivity contribution in [2.75, 3.05) is 13.6 Å². The van der Waals surface area contributed by atoms with Gasteiger partial charge in [-0.25, -0.2) is 0 Å². The molecule has 3 aliphatic rings. The largest absolute Gasteiger partial charge is 0.358 e. The van der Waals surface area contributed by atoms with E-state index in [1.807, 2.05) is 12.2 Å². The van der Waals surface area contributed by atoms with Gasteiger partial charge in [0.1, 0.15) is 0 Å². The first-order valence-corrected chi connectivity index (χ1v) is 5.07. The summed E-state index contributed by atoms with van der Waals surface area (Å²) in [6.07, 6.45) is 3.18. The Morgan fingerprint density at radius 1 is 1.47 bits per heavy atom. The van der Waals surface area contributed by atoms with Gasteiger partial charge in [0.05, 0.1) is 18.1 Å². The third kappa shape index (κ3) is 1.04. The number of imide groups is 1. The summed E-state index contributed by atoms with van der Waals surface area (Å²) in [7, 11) is 1.51. The normalized spacial score (nSPS) is 43.4. The zero-order chi connectivity index (χ0) is 10.6. The first-order valence-electron chi connectivity index (χ1n) is 5.07. The molecule has 5 nitrogen and oxygen atoms in total. The van der Waals surface area contributed by atoms with E-state index in [0.717, 1.165) is 6.54 Å². The van der Waals surface area contributed by atoms with Crippen LogP contribution in [0.25, 0.3) is 0 Å². The molecule has 0 bridgehead atoms. The Balaban J connectivity index is 1.96. The number of amides is 2. The summed E-state index contributed by atoms with van der Waals surface area (Å²) < 4.78 is 5.58. The summed E-state index contributed by atoms with van der Waals surface area (Å²) in [6, 6.07) is -0.0404. The molecule has 3 rings (SSSR count). The van der Waals surface area contributed by atoms with E-state index in [4.69, 9.17) is 4.74 Å². The molecule has 2 fully saturated rings. The number of carbonyl (C=O) groups excluding carboxylic acids is 2. The van der Waals surface area contributed by atoms with Crippen molar-refractivity contribution in [3.63, 3.8) is 0 Å². The maximum absolute atomic E-state index is 11.8. The molecule has 2 amide bonds. The fourth-order valence-electron chi connectivity index (χ4n) is 2.56. The maximum atomic E-state index is 11.8. The highest BCUT2D eigenvalue weighted by Gasteiger charge is 2.57. The second-order valence-corrected chi connectivity index (χ2v) is 4.14. The predicted octanol–water partition coefficient (Wildman–Crippen LogP) is -1.10. The van der Waals surface area contributed by atoms with E-state index in [0.29, 0.717) is 0 Å². The summed E-state index contributed by atoms with van der Waals surface area (Å²) in [5, 5.41) is 3.21. The van der Waals surface area contributed by atoms with Crippen molar-refractivity contribution < 1.29 is 14.3 Å². The molecule has 0 aromatic rings. The molecule has 0 saturated carbocycles. The van der Waals surface area contributed by atoms with E-state index >= 15 is 0 Å². The minimum atomic E-state index is -0.576. The van der Waals surface area contributed by atoms with Crippen molar-refractivity contribution >= 4 is 11.8 Å². The Morgan fingerprint density at radius 2 is 2.27 bits per heavy atom. The van der Waals surface area contributed by atoms with Crippen LogP contribution >= 0.6 is 0 Å². The van der Waals surface area contributed by atoms with Crippen molar-refractivity contribution in [3.05, 3.63) is 12.2 Å². The second-order valence-electron chi connectivity index (χ2n) is 4.14. The van der Waals surface area contributed by atoms with Crippen molar-refractivity contribution in [1.29, 1.82) is 0 Å². The lowest BCUT2D eigenvalue weighted by Crippen LogP contribution is -2.46. The van der Waals surface area contributed by atoms with Gasteiger partial charge in [0.25, 0.3) is 5.91 Å². The molecule has 0 aromatic carbocycles. The smallest absolute Gasteiger partial charge is 0.258 e. The SMILES string of the molecule is CN1C(=O)C2OC3C=CCNC3C2C1=O. The van der Waals surface area contributed by atoms with E-state index in [9.17, 15) is 9.59 Å². The van der Waals surface area contributed by atoms with E-state index < -0.39 is 6.10 Å². The lowest BCUT2D eigenvalue weighted by Gasteiger charge is -2.24. The maximum Gasteiger partial charge on any atom is 0.258 e. The highest BCUT2D eigenvalue weighted by Crippen LogP contribution is 2.35. The van der Waals surface area contributed by atoms with Crippen LogP contribution in [0.1, 0.15) is 0 Å².